The van der Waals surface area contributed by atoms with Crippen LogP contribution < -0.4 is 14.8 Å². The molecule has 2 atom stereocenters. The molecule has 0 aliphatic heterocycles. The summed E-state index contributed by atoms with van der Waals surface area (Å²) in [4.78, 5) is 0. The molecule has 0 spiro atoms. The highest BCUT2D eigenvalue weighted by Gasteiger charge is 2.18. The Bertz CT molecular complexity index is 406. The Morgan fingerprint density at radius 3 is 2.79 bits per heavy atom. The van der Waals surface area contributed by atoms with E-state index in [1.807, 2.05) is 19.1 Å². The quantitative estimate of drug-likeness (QED) is 0.868. The average Bonchev–Trinajstić information content (AvgIpc) is 2.41. The van der Waals surface area contributed by atoms with Crippen molar-refractivity contribution in [2.75, 3.05) is 19.0 Å². The van der Waals surface area contributed by atoms with Crippen LogP contribution >= 0.6 is 0 Å². The van der Waals surface area contributed by atoms with E-state index >= 15 is 0 Å². The van der Waals surface area contributed by atoms with E-state index in [-0.39, 0.29) is 0 Å². The van der Waals surface area contributed by atoms with Crippen LogP contribution in [0, 0.1) is 5.92 Å². The molecule has 106 valence electrons. The maximum Gasteiger partial charge on any atom is 0.162 e. The van der Waals surface area contributed by atoms with Crippen LogP contribution in [0.5, 0.6) is 11.5 Å². The molecule has 19 heavy (non-hydrogen) atoms. The molecule has 2 unspecified atom stereocenters. The van der Waals surface area contributed by atoms with Gasteiger partial charge in [-0.15, -0.1) is 0 Å². The summed E-state index contributed by atoms with van der Waals surface area (Å²) < 4.78 is 10.9. The third kappa shape index (κ3) is 3.79. The molecule has 1 saturated carbocycles. The van der Waals surface area contributed by atoms with Crippen LogP contribution in [0.15, 0.2) is 18.2 Å². The van der Waals surface area contributed by atoms with Crippen LogP contribution in [-0.2, 0) is 0 Å². The average molecular weight is 263 g/mol. The highest BCUT2D eigenvalue weighted by atomic mass is 16.5. The van der Waals surface area contributed by atoms with Crippen LogP contribution in [0.3, 0.4) is 0 Å². The van der Waals surface area contributed by atoms with Crippen molar-refractivity contribution >= 4 is 5.69 Å². The minimum Gasteiger partial charge on any atom is -0.493 e. The normalized spacial score (nSPS) is 22.9. The maximum atomic E-state index is 5.54. The SMILES string of the molecule is CCOc1ccc(NC2CCCC(C)C2)cc1OC. The summed E-state index contributed by atoms with van der Waals surface area (Å²) in [5.41, 5.74) is 1.12. The van der Waals surface area contributed by atoms with Crippen molar-refractivity contribution < 1.29 is 9.47 Å². The zero-order valence-corrected chi connectivity index (χ0v) is 12.2. The fraction of sp³-hybridized carbons (Fsp3) is 0.625. The molecular weight excluding hydrogens is 238 g/mol. The number of methoxy groups -OCH3 is 1. The van der Waals surface area contributed by atoms with Crippen LogP contribution in [0.4, 0.5) is 5.69 Å². The third-order valence-corrected chi connectivity index (χ3v) is 3.77. The first-order valence-electron chi connectivity index (χ1n) is 7.30. The highest BCUT2D eigenvalue weighted by molar-refractivity contribution is 5.55. The van der Waals surface area contributed by atoms with Crippen LogP contribution in [0.2, 0.25) is 0 Å². The molecule has 0 saturated heterocycles. The van der Waals surface area contributed by atoms with Crippen molar-refractivity contribution in [2.45, 2.75) is 45.6 Å². The lowest BCUT2D eigenvalue weighted by Gasteiger charge is -2.28. The summed E-state index contributed by atoms with van der Waals surface area (Å²) >= 11 is 0. The van der Waals surface area contributed by atoms with E-state index in [2.05, 4.69) is 18.3 Å². The van der Waals surface area contributed by atoms with E-state index < -0.39 is 0 Å². The first-order valence-corrected chi connectivity index (χ1v) is 7.30. The highest BCUT2D eigenvalue weighted by Crippen LogP contribution is 2.32. The minimum atomic E-state index is 0.589. The van der Waals surface area contributed by atoms with Gasteiger partial charge in [-0.2, -0.15) is 0 Å². The molecule has 0 bridgehead atoms. The van der Waals surface area contributed by atoms with Gasteiger partial charge in [-0.3, -0.25) is 0 Å². The van der Waals surface area contributed by atoms with Crippen LogP contribution in [-0.4, -0.2) is 19.8 Å². The number of anilines is 1. The topological polar surface area (TPSA) is 30.5 Å². The van der Waals surface area contributed by atoms with E-state index in [1.54, 1.807) is 7.11 Å². The largest absolute Gasteiger partial charge is 0.493 e. The summed E-state index contributed by atoms with van der Waals surface area (Å²) in [5.74, 6) is 2.44. The lowest BCUT2D eigenvalue weighted by atomic mass is 9.87. The molecule has 2 rings (SSSR count). The van der Waals surface area contributed by atoms with Gasteiger partial charge in [-0.25, -0.2) is 0 Å². The smallest absolute Gasteiger partial charge is 0.162 e. The van der Waals surface area contributed by atoms with E-state index in [0.717, 1.165) is 23.1 Å². The molecule has 0 radical (unpaired) electrons. The fourth-order valence-corrected chi connectivity index (χ4v) is 2.83. The molecular formula is C16H25NO2. The maximum absolute atomic E-state index is 5.54. The lowest BCUT2D eigenvalue weighted by molar-refractivity contribution is 0.311. The van der Waals surface area contributed by atoms with Gasteiger partial charge in [0.15, 0.2) is 11.5 Å². The van der Waals surface area contributed by atoms with Crippen molar-refractivity contribution in [1.29, 1.82) is 0 Å². The summed E-state index contributed by atoms with van der Waals surface area (Å²) in [7, 11) is 1.68. The Kier molecular flexibility index (Phi) is 4.94. The number of rotatable bonds is 5. The van der Waals surface area contributed by atoms with E-state index in [9.17, 15) is 0 Å². The Morgan fingerprint density at radius 1 is 1.26 bits per heavy atom. The van der Waals surface area contributed by atoms with Gasteiger partial charge in [0.05, 0.1) is 13.7 Å². The first-order chi connectivity index (χ1) is 9.22. The number of hydrogen-bond acceptors (Lipinski definition) is 3. The van der Waals surface area contributed by atoms with Crippen molar-refractivity contribution in [3.05, 3.63) is 18.2 Å². The number of benzene rings is 1. The van der Waals surface area contributed by atoms with Crippen molar-refractivity contribution in [1.82, 2.24) is 0 Å². The van der Waals surface area contributed by atoms with E-state index in [1.165, 1.54) is 25.7 Å². The predicted molar refractivity (Wildman–Crippen MR) is 79.2 cm³/mol. The molecule has 0 heterocycles. The van der Waals surface area contributed by atoms with E-state index in [0.29, 0.717) is 12.6 Å². The number of nitrogens with one attached hydrogen (secondary N) is 1. The summed E-state index contributed by atoms with van der Waals surface area (Å²) in [5, 5.41) is 3.62. The summed E-state index contributed by atoms with van der Waals surface area (Å²) in [6.07, 6.45) is 5.22. The Labute approximate surface area is 116 Å². The van der Waals surface area contributed by atoms with Gasteiger partial charge in [0.2, 0.25) is 0 Å². The van der Waals surface area contributed by atoms with E-state index in [4.69, 9.17) is 9.47 Å². The Hall–Kier alpha value is -1.38. The molecule has 1 N–H and O–H groups in total. The Balaban J connectivity index is 2.04. The van der Waals surface area contributed by atoms with Gasteiger partial charge in [-0.05, 0) is 37.8 Å². The zero-order valence-electron chi connectivity index (χ0n) is 12.2. The summed E-state index contributed by atoms with van der Waals surface area (Å²) in [6, 6.07) is 6.68. The van der Waals surface area contributed by atoms with Crippen molar-refractivity contribution in [2.24, 2.45) is 5.92 Å². The number of ether oxygens (including phenoxy) is 2. The van der Waals surface area contributed by atoms with Gasteiger partial charge in [0, 0.05) is 17.8 Å². The van der Waals surface area contributed by atoms with Crippen molar-refractivity contribution in [3.8, 4) is 11.5 Å². The van der Waals surface area contributed by atoms with Crippen LogP contribution in [0.1, 0.15) is 39.5 Å². The Morgan fingerprint density at radius 2 is 2.11 bits per heavy atom. The predicted octanol–water partition coefficient (Wildman–Crippen LogP) is 4.08. The van der Waals surface area contributed by atoms with Gasteiger partial charge >= 0.3 is 0 Å². The second-order valence-corrected chi connectivity index (χ2v) is 5.41. The van der Waals surface area contributed by atoms with Gasteiger partial charge < -0.3 is 14.8 Å². The van der Waals surface area contributed by atoms with Gasteiger partial charge in [-0.1, -0.05) is 19.8 Å². The molecule has 1 aliphatic rings. The molecule has 1 aliphatic carbocycles. The number of hydrogen-bond donors (Lipinski definition) is 1. The molecule has 0 amide bonds. The fourth-order valence-electron chi connectivity index (χ4n) is 2.83. The van der Waals surface area contributed by atoms with Crippen molar-refractivity contribution in [3.63, 3.8) is 0 Å². The third-order valence-electron chi connectivity index (χ3n) is 3.77. The standard InChI is InChI=1S/C16H25NO2/c1-4-19-15-9-8-14(11-16(15)18-3)17-13-7-5-6-12(2)10-13/h8-9,11-13,17H,4-7,10H2,1-3H3. The minimum absolute atomic E-state index is 0.589. The van der Waals surface area contributed by atoms with Gasteiger partial charge in [0.25, 0.3) is 0 Å². The van der Waals surface area contributed by atoms with Gasteiger partial charge in [0.1, 0.15) is 0 Å². The first kappa shape index (κ1) is 14.0. The second kappa shape index (κ2) is 6.69. The zero-order chi connectivity index (χ0) is 13.7. The molecule has 1 aromatic carbocycles. The second-order valence-electron chi connectivity index (χ2n) is 5.41. The van der Waals surface area contributed by atoms with Crippen LogP contribution in [0.25, 0.3) is 0 Å². The summed E-state index contributed by atoms with van der Waals surface area (Å²) in [6.45, 7) is 4.98. The monoisotopic (exact) mass is 263 g/mol. The lowest BCUT2D eigenvalue weighted by Crippen LogP contribution is -2.26. The molecule has 1 aromatic rings. The molecule has 3 nitrogen and oxygen atoms in total. The molecule has 0 aromatic heterocycles. The molecule has 3 heteroatoms. The molecule has 1 fully saturated rings.